The van der Waals surface area contributed by atoms with Gasteiger partial charge < -0.3 is 14.8 Å². The lowest BCUT2D eigenvalue weighted by Crippen LogP contribution is -2.75. The van der Waals surface area contributed by atoms with Crippen molar-refractivity contribution >= 4 is 50.6 Å². The van der Waals surface area contributed by atoms with Crippen LogP contribution in [-0.2, 0) is 42.0 Å². The minimum absolute atomic E-state index is 0.0216. The molecule has 3 heterocycles. The second-order valence-corrected chi connectivity index (χ2v) is 11.1. The van der Waals surface area contributed by atoms with Crippen molar-refractivity contribution in [1.82, 2.24) is 10.2 Å². The van der Waals surface area contributed by atoms with Crippen LogP contribution in [0.3, 0.4) is 0 Å². The molecule has 2 aliphatic heterocycles. The molecule has 1 aromatic carbocycles. The van der Waals surface area contributed by atoms with Gasteiger partial charge >= 0.3 is 5.97 Å². The molecular formula is C22H21ClN2O7S2. The fourth-order valence-corrected chi connectivity index (χ4v) is 6.91. The van der Waals surface area contributed by atoms with Gasteiger partial charge in [-0.05, 0) is 34.7 Å². The molecule has 9 nitrogen and oxygen atoms in total. The van der Waals surface area contributed by atoms with Crippen LogP contribution in [0.5, 0.6) is 5.75 Å². The van der Waals surface area contributed by atoms with E-state index in [4.69, 9.17) is 21.1 Å². The van der Waals surface area contributed by atoms with Crippen LogP contribution in [-0.4, -0.2) is 61.3 Å². The maximum atomic E-state index is 12.9. The molecule has 1 aromatic heterocycles. The maximum absolute atomic E-state index is 12.9. The van der Waals surface area contributed by atoms with E-state index in [1.165, 1.54) is 18.4 Å². The molecule has 34 heavy (non-hydrogen) atoms. The van der Waals surface area contributed by atoms with Gasteiger partial charge in [-0.1, -0.05) is 18.2 Å². The van der Waals surface area contributed by atoms with Crippen molar-refractivity contribution < 1.29 is 32.3 Å². The van der Waals surface area contributed by atoms with Crippen LogP contribution in [0.1, 0.15) is 10.4 Å². The van der Waals surface area contributed by atoms with Crippen molar-refractivity contribution in [3.05, 3.63) is 63.5 Å². The molecule has 12 heteroatoms. The van der Waals surface area contributed by atoms with E-state index in [0.717, 1.165) is 9.78 Å². The molecule has 1 N–H and O–H groups in total. The number of nitrogens with one attached hydrogen (secondary N) is 1. The zero-order valence-electron chi connectivity index (χ0n) is 18.0. The summed E-state index contributed by atoms with van der Waals surface area (Å²) in [6.07, 6.45) is 0.0216. The Morgan fingerprint density at radius 1 is 1.24 bits per heavy atom. The predicted molar refractivity (Wildman–Crippen MR) is 125 cm³/mol. The Kier molecular flexibility index (Phi) is 6.96. The van der Waals surface area contributed by atoms with Crippen molar-refractivity contribution in [2.24, 2.45) is 0 Å². The van der Waals surface area contributed by atoms with E-state index >= 15 is 0 Å². The Labute approximate surface area is 205 Å². The van der Waals surface area contributed by atoms with Crippen LogP contribution in [0, 0.1) is 0 Å². The van der Waals surface area contributed by atoms with Gasteiger partial charge in [-0.3, -0.25) is 14.5 Å². The lowest BCUT2D eigenvalue weighted by Gasteiger charge is -2.49. The molecule has 2 amide bonds. The topological polar surface area (TPSA) is 119 Å². The van der Waals surface area contributed by atoms with Gasteiger partial charge in [0.05, 0.1) is 19.3 Å². The van der Waals surface area contributed by atoms with Gasteiger partial charge in [0.15, 0.2) is 15.2 Å². The molecule has 2 aromatic rings. The number of thiophene rings is 1. The van der Waals surface area contributed by atoms with Gasteiger partial charge in [0.1, 0.15) is 24.1 Å². The first-order valence-corrected chi connectivity index (χ1v) is 13.3. The number of β-lactam (4-membered cyclic amide) rings is 1. The number of halogens is 1. The highest BCUT2D eigenvalue weighted by atomic mass is 35.5. The van der Waals surface area contributed by atoms with E-state index in [9.17, 15) is 22.8 Å². The maximum Gasteiger partial charge on any atom is 0.355 e. The van der Waals surface area contributed by atoms with Crippen LogP contribution in [0.15, 0.2) is 53.0 Å². The number of amides is 2. The predicted octanol–water partition coefficient (Wildman–Crippen LogP) is 1.62. The summed E-state index contributed by atoms with van der Waals surface area (Å²) in [6.45, 7) is -0.0949. The van der Waals surface area contributed by atoms with E-state index in [1.807, 2.05) is 5.38 Å². The Balaban J connectivity index is 1.51. The molecule has 0 saturated carbocycles. The highest BCUT2D eigenvalue weighted by Gasteiger charge is 2.60. The number of hydrogen-bond acceptors (Lipinski definition) is 8. The molecule has 1 fully saturated rings. The molecule has 0 unspecified atom stereocenters. The van der Waals surface area contributed by atoms with E-state index in [-0.39, 0.29) is 30.2 Å². The van der Waals surface area contributed by atoms with Crippen LogP contribution < -0.4 is 10.1 Å². The summed E-state index contributed by atoms with van der Waals surface area (Å²) in [5, 5.41) is 2.92. The number of sulfone groups is 1. The van der Waals surface area contributed by atoms with E-state index < -0.39 is 44.8 Å². The summed E-state index contributed by atoms with van der Waals surface area (Å²) in [5.41, 5.74) is 0.572. The molecule has 0 bridgehead atoms. The highest BCUT2D eigenvalue weighted by Crippen LogP contribution is 2.37. The van der Waals surface area contributed by atoms with Crippen molar-refractivity contribution in [2.75, 3.05) is 18.7 Å². The summed E-state index contributed by atoms with van der Waals surface area (Å²) in [6, 6.07) is 9.12. The molecule has 4 rings (SSSR count). The third-order valence-corrected chi connectivity index (χ3v) is 8.65. The van der Waals surface area contributed by atoms with Crippen LogP contribution in [0.2, 0.25) is 0 Å². The Morgan fingerprint density at radius 2 is 1.97 bits per heavy atom. The number of fused-ring (bicyclic) bond motifs is 1. The number of nitrogens with zero attached hydrogens (tertiary/aromatic N) is 1. The van der Waals surface area contributed by atoms with Gasteiger partial charge in [0, 0.05) is 10.8 Å². The molecule has 180 valence electrons. The van der Waals surface area contributed by atoms with Gasteiger partial charge in [0.25, 0.3) is 5.91 Å². The number of benzene rings is 1. The summed E-state index contributed by atoms with van der Waals surface area (Å²) in [7, 11) is -2.35. The number of methoxy groups -OCH3 is 1. The average Bonchev–Trinajstić information content (AvgIpc) is 3.33. The Morgan fingerprint density at radius 3 is 2.59 bits per heavy atom. The zero-order valence-corrected chi connectivity index (χ0v) is 20.4. The number of esters is 1. The fraction of sp³-hybridized carbons (Fsp3) is 0.318. The first-order valence-electron chi connectivity index (χ1n) is 10.2. The number of carbonyl (C=O) groups is 3. The lowest BCUT2D eigenvalue weighted by atomic mass is 10.0. The smallest absolute Gasteiger partial charge is 0.355 e. The second kappa shape index (κ2) is 9.77. The standard InChI is InChI=1S/C22H21ClN2O7S2/c1-31-15-6-4-13(5-7-15)11-32-22(28)19-14(10-23)12-34(29,30)21-18(20(27)25(19)21)24-17(26)9-16-3-2-8-33-16/h2-8,18,21H,9-12H2,1H3,(H,24,26)/t18-,21-/m1/s1. The third kappa shape index (κ3) is 4.68. The summed E-state index contributed by atoms with van der Waals surface area (Å²) < 4.78 is 36.2. The molecule has 0 spiro atoms. The van der Waals surface area contributed by atoms with Gasteiger partial charge in [-0.15, -0.1) is 22.9 Å². The van der Waals surface area contributed by atoms with Gasteiger partial charge in [-0.2, -0.15) is 0 Å². The summed E-state index contributed by atoms with van der Waals surface area (Å²) in [4.78, 5) is 39.8. The Bertz CT molecular complexity index is 1240. The zero-order chi connectivity index (χ0) is 24.5. The second-order valence-electron chi connectivity index (χ2n) is 7.72. The number of rotatable bonds is 8. The first-order chi connectivity index (χ1) is 16.2. The SMILES string of the molecule is COc1ccc(COC(=O)C2=C(CCl)CS(=O)(=O)[C@@H]3[C@H](NC(=O)Cc4cccs4)C(=O)N23)cc1. The van der Waals surface area contributed by atoms with Crippen molar-refractivity contribution in [3.8, 4) is 5.75 Å². The van der Waals surface area contributed by atoms with Gasteiger partial charge in [-0.25, -0.2) is 13.2 Å². The minimum atomic E-state index is -3.89. The Hall–Kier alpha value is -2.89. The molecule has 2 aliphatic rings. The largest absolute Gasteiger partial charge is 0.497 e. The summed E-state index contributed by atoms with van der Waals surface area (Å²) in [5.74, 6) is -2.17. The fourth-order valence-electron chi connectivity index (χ4n) is 3.85. The first kappa shape index (κ1) is 24.2. The number of alkyl halides is 1. The summed E-state index contributed by atoms with van der Waals surface area (Å²) >= 11 is 7.31. The molecule has 2 atom stereocenters. The third-order valence-electron chi connectivity index (χ3n) is 5.48. The number of hydrogen-bond donors (Lipinski definition) is 1. The van der Waals surface area contributed by atoms with E-state index in [2.05, 4.69) is 5.32 Å². The van der Waals surface area contributed by atoms with Crippen LogP contribution in [0.4, 0.5) is 0 Å². The van der Waals surface area contributed by atoms with Crippen molar-refractivity contribution in [1.29, 1.82) is 0 Å². The number of ether oxygens (including phenoxy) is 2. The molecular weight excluding hydrogens is 504 g/mol. The highest BCUT2D eigenvalue weighted by molar-refractivity contribution is 7.92. The molecule has 0 radical (unpaired) electrons. The molecule has 0 aliphatic carbocycles. The minimum Gasteiger partial charge on any atom is -0.497 e. The normalized spacial score (nSPS) is 20.9. The van der Waals surface area contributed by atoms with Crippen LogP contribution >= 0.6 is 22.9 Å². The van der Waals surface area contributed by atoms with E-state index in [1.54, 1.807) is 36.4 Å². The average molecular weight is 525 g/mol. The van der Waals surface area contributed by atoms with Crippen molar-refractivity contribution in [2.45, 2.75) is 24.4 Å². The monoisotopic (exact) mass is 524 g/mol. The number of carbonyl (C=O) groups excluding carboxylic acids is 3. The van der Waals surface area contributed by atoms with Crippen LogP contribution in [0.25, 0.3) is 0 Å². The van der Waals surface area contributed by atoms with E-state index in [0.29, 0.717) is 11.3 Å². The van der Waals surface area contributed by atoms with Gasteiger partial charge in [0.2, 0.25) is 5.91 Å². The quantitative estimate of drug-likeness (QED) is 0.316. The van der Waals surface area contributed by atoms with Crippen molar-refractivity contribution in [3.63, 3.8) is 0 Å². The lowest BCUT2D eigenvalue weighted by molar-refractivity contribution is -0.153. The molecule has 1 saturated heterocycles.